The van der Waals surface area contributed by atoms with Gasteiger partial charge >= 0.3 is 0 Å². The molecule has 0 heterocycles. The van der Waals surface area contributed by atoms with E-state index in [0.717, 1.165) is 17.2 Å². The van der Waals surface area contributed by atoms with E-state index in [1.54, 1.807) is 0 Å². The van der Waals surface area contributed by atoms with Crippen molar-refractivity contribution in [2.75, 3.05) is 0 Å². The third-order valence-electron chi connectivity index (χ3n) is 2.69. The van der Waals surface area contributed by atoms with Gasteiger partial charge in [0.05, 0.1) is 5.56 Å². The maximum Gasteiger partial charge on any atom is 0.153 e. The fourth-order valence-corrected chi connectivity index (χ4v) is 1.96. The van der Waals surface area contributed by atoms with Gasteiger partial charge in [0.15, 0.2) is 6.29 Å². The first-order chi connectivity index (χ1) is 9.10. The van der Waals surface area contributed by atoms with Gasteiger partial charge in [-0.2, -0.15) is 0 Å². The molecule has 0 aliphatic heterocycles. The predicted octanol–water partition coefficient (Wildman–Crippen LogP) is 4.18. The van der Waals surface area contributed by atoms with Gasteiger partial charge in [-0.15, -0.1) is 0 Å². The van der Waals surface area contributed by atoms with Crippen LogP contribution in [0.15, 0.2) is 36.4 Å². The van der Waals surface area contributed by atoms with Crippen molar-refractivity contribution in [2.24, 2.45) is 0 Å². The largest absolute Gasteiger partial charge is 0.488 e. The van der Waals surface area contributed by atoms with Crippen LogP contribution in [0, 0.1) is 12.7 Å². The standard InChI is InChI=1S/C15H12ClFO2/c1-10-2-3-11(14(16)6-10)9-19-15-5-4-13(17)7-12(15)8-18/h2-8H,9H2,1H3. The van der Waals surface area contributed by atoms with Crippen LogP contribution in [-0.2, 0) is 6.61 Å². The average molecular weight is 279 g/mol. The third-order valence-corrected chi connectivity index (χ3v) is 3.04. The predicted molar refractivity (Wildman–Crippen MR) is 72.3 cm³/mol. The molecule has 0 radical (unpaired) electrons. The lowest BCUT2D eigenvalue weighted by atomic mass is 10.1. The van der Waals surface area contributed by atoms with E-state index in [2.05, 4.69) is 0 Å². The fourth-order valence-electron chi connectivity index (χ4n) is 1.67. The van der Waals surface area contributed by atoms with Crippen LogP contribution in [0.5, 0.6) is 5.75 Å². The van der Waals surface area contributed by atoms with Crippen LogP contribution in [0.2, 0.25) is 5.02 Å². The first kappa shape index (κ1) is 13.6. The number of aryl methyl sites for hydroxylation is 1. The van der Waals surface area contributed by atoms with Gasteiger partial charge in [-0.1, -0.05) is 23.7 Å². The number of rotatable bonds is 4. The van der Waals surface area contributed by atoms with E-state index in [9.17, 15) is 9.18 Å². The van der Waals surface area contributed by atoms with Crippen LogP contribution in [0.3, 0.4) is 0 Å². The molecule has 4 heteroatoms. The Labute approximate surface area is 115 Å². The summed E-state index contributed by atoms with van der Waals surface area (Å²) in [5, 5.41) is 0.606. The second-order valence-electron chi connectivity index (χ2n) is 4.18. The molecule has 0 amide bonds. The van der Waals surface area contributed by atoms with Crippen molar-refractivity contribution < 1.29 is 13.9 Å². The van der Waals surface area contributed by atoms with E-state index in [1.807, 2.05) is 25.1 Å². The van der Waals surface area contributed by atoms with Crippen LogP contribution >= 0.6 is 11.6 Å². The molecule has 2 aromatic carbocycles. The van der Waals surface area contributed by atoms with E-state index < -0.39 is 5.82 Å². The second-order valence-corrected chi connectivity index (χ2v) is 4.59. The highest BCUT2D eigenvalue weighted by Gasteiger charge is 2.06. The molecule has 0 aliphatic rings. The monoisotopic (exact) mass is 278 g/mol. The van der Waals surface area contributed by atoms with Gasteiger partial charge in [0.25, 0.3) is 0 Å². The van der Waals surface area contributed by atoms with E-state index in [0.29, 0.717) is 17.1 Å². The zero-order chi connectivity index (χ0) is 13.8. The summed E-state index contributed by atoms with van der Waals surface area (Å²) in [5.74, 6) is -0.129. The number of hydrogen-bond donors (Lipinski definition) is 0. The topological polar surface area (TPSA) is 26.3 Å². The molecule has 0 bridgehead atoms. The Hall–Kier alpha value is -1.87. The molecule has 0 aliphatic carbocycles. The van der Waals surface area contributed by atoms with Gasteiger partial charge in [0.2, 0.25) is 0 Å². The van der Waals surface area contributed by atoms with Gasteiger partial charge in [0, 0.05) is 10.6 Å². The molecule has 2 nitrogen and oxygen atoms in total. The van der Waals surface area contributed by atoms with Gasteiger partial charge in [-0.3, -0.25) is 4.79 Å². The van der Waals surface area contributed by atoms with Crippen LogP contribution in [0.25, 0.3) is 0 Å². The number of carbonyl (C=O) groups excluding carboxylic acids is 1. The van der Waals surface area contributed by atoms with E-state index in [1.165, 1.54) is 12.1 Å². The maximum atomic E-state index is 13.0. The van der Waals surface area contributed by atoms with Crippen molar-refractivity contribution in [3.8, 4) is 5.75 Å². The Balaban J connectivity index is 2.16. The second kappa shape index (κ2) is 5.85. The summed E-state index contributed by atoms with van der Waals surface area (Å²) in [6, 6.07) is 9.45. The van der Waals surface area contributed by atoms with E-state index in [4.69, 9.17) is 16.3 Å². The van der Waals surface area contributed by atoms with Crippen LogP contribution < -0.4 is 4.74 Å². The first-order valence-electron chi connectivity index (χ1n) is 5.72. The zero-order valence-corrected chi connectivity index (χ0v) is 11.1. The normalized spacial score (nSPS) is 10.3. The molecule has 0 fully saturated rings. The lowest BCUT2D eigenvalue weighted by Crippen LogP contribution is -1.99. The maximum absolute atomic E-state index is 13.0. The summed E-state index contributed by atoms with van der Waals surface area (Å²) in [4.78, 5) is 10.8. The highest BCUT2D eigenvalue weighted by atomic mass is 35.5. The molecule has 0 N–H and O–H groups in total. The lowest BCUT2D eigenvalue weighted by molar-refractivity contribution is 0.111. The number of aldehydes is 1. The van der Waals surface area contributed by atoms with Crippen molar-refractivity contribution in [1.29, 1.82) is 0 Å². The molecular weight excluding hydrogens is 267 g/mol. The summed E-state index contributed by atoms with van der Waals surface area (Å²) in [6.07, 6.45) is 0.565. The minimum atomic E-state index is -0.470. The Morgan fingerprint density at radius 3 is 2.74 bits per heavy atom. The Morgan fingerprint density at radius 2 is 2.05 bits per heavy atom. The van der Waals surface area contributed by atoms with Crippen LogP contribution in [0.4, 0.5) is 4.39 Å². The van der Waals surface area contributed by atoms with Crippen LogP contribution in [0.1, 0.15) is 21.5 Å². The van der Waals surface area contributed by atoms with Crippen molar-refractivity contribution in [2.45, 2.75) is 13.5 Å². The Morgan fingerprint density at radius 1 is 1.26 bits per heavy atom. The van der Waals surface area contributed by atoms with E-state index in [-0.39, 0.29) is 12.2 Å². The SMILES string of the molecule is Cc1ccc(COc2ccc(F)cc2C=O)c(Cl)c1. The molecule has 0 saturated heterocycles. The third kappa shape index (κ3) is 3.32. The number of benzene rings is 2. The van der Waals surface area contributed by atoms with Gasteiger partial charge < -0.3 is 4.74 Å². The quantitative estimate of drug-likeness (QED) is 0.784. The summed E-state index contributed by atoms with van der Waals surface area (Å²) in [7, 11) is 0. The smallest absolute Gasteiger partial charge is 0.153 e. The number of carbonyl (C=O) groups is 1. The van der Waals surface area contributed by atoms with Crippen molar-refractivity contribution in [1.82, 2.24) is 0 Å². The van der Waals surface area contributed by atoms with Crippen molar-refractivity contribution in [3.05, 3.63) is 63.9 Å². The number of halogens is 2. The molecule has 98 valence electrons. The van der Waals surface area contributed by atoms with Crippen molar-refractivity contribution in [3.63, 3.8) is 0 Å². The number of hydrogen-bond acceptors (Lipinski definition) is 2. The minimum Gasteiger partial charge on any atom is -0.488 e. The average Bonchev–Trinajstić information content (AvgIpc) is 2.39. The van der Waals surface area contributed by atoms with Gasteiger partial charge in [-0.25, -0.2) is 4.39 Å². The zero-order valence-electron chi connectivity index (χ0n) is 10.3. The van der Waals surface area contributed by atoms with E-state index >= 15 is 0 Å². The molecule has 2 rings (SSSR count). The highest BCUT2D eigenvalue weighted by molar-refractivity contribution is 6.31. The molecule has 2 aromatic rings. The molecule has 0 aromatic heterocycles. The fraction of sp³-hybridized carbons (Fsp3) is 0.133. The Bertz CT molecular complexity index is 611. The summed E-state index contributed by atoms with van der Waals surface area (Å²) >= 11 is 6.09. The molecule has 0 spiro atoms. The Kier molecular flexibility index (Phi) is 4.17. The lowest BCUT2D eigenvalue weighted by Gasteiger charge is -2.10. The summed E-state index contributed by atoms with van der Waals surface area (Å²) < 4.78 is 18.5. The molecule has 0 atom stereocenters. The van der Waals surface area contributed by atoms with Crippen molar-refractivity contribution >= 4 is 17.9 Å². The minimum absolute atomic E-state index is 0.184. The number of ether oxygens (including phenoxy) is 1. The summed E-state index contributed by atoms with van der Waals surface area (Å²) in [5.41, 5.74) is 2.06. The highest BCUT2D eigenvalue weighted by Crippen LogP contribution is 2.22. The molecular formula is C15H12ClFO2. The summed E-state index contributed by atoms with van der Waals surface area (Å²) in [6.45, 7) is 2.17. The van der Waals surface area contributed by atoms with Crippen LogP contribution in [-0.4, -0.2) is 6.29 Å². The first-order valence-corrected chi connectivity index (χ1v) is 6.10. The van der Waals surface area contributed by atoms with Gasteiger partial charge in [-0.05, 0) is 36.8 Å². The molecule has 19 heavy (non-hydrogen) atoms. The molecule has 0 unspecified atom stereocenters. The van der Waals surface area contributed by atoms with Gasteiger partial charge in [0.1, 0.15) is 18.2 Å². The molecule has 0 saturated carbocycles.